The fraction of sp³-hybridized carbons (Fsp3) is 0.714. The van der Waals surface area contributed by atoms with E-state index in [-0.39, 0.29) is 12.0 Å². The van der Waals surface area contributed by atoms with Gasteiger partial charge >= 0.3 is 0 Å². The van der Waals surface area contributed by atoms with E-state index in [0.29, 0.717) is 0 Å². The maximum atomic E-state index is 9.26. The fourth-order valence-corrected chi connectivity index (χ4v) is 1.79. The number of nitrogens with zero attached hydrogens (tertiary/aromatic N) is 1. The highest BCUT2D eigenvalue weighted by Crippen LogP contribution is 2.30. The molecule has 0 aromatic heterocycles. The van der Waals surface area contributed by atoms with E-state index in [4.69, 9.17) is 11.5 Å². The highest BCUT2D eigenvalue weighted by atomic mass is 16.3. The van der Waals surface area contributed by atoms with Gasteiger partial charge in [-0.25, -0.2) is 0 Å². The maximum absolute atomic E-state index is 9.26. The third-order valence-electron chi connectivity index (χ3n) is 3.23. The first kappa shape index (κ1) is 16.8. The van der Waals surface area contributed by atoms with Crippen molar-refractivity contribution in [2.75, 3.05) is 19.7 Å². The number of piperidine rings is 1. The second-order valence-corrected chi connectivity index (χ2v) is 4.96. The van der Waals surface area contributed by atoms with Gasteiger partial charge < -0.3 is 21.5 Å². The second-order valence-electron chi connectivity index (χ2n) is 4.96. The van der Waals surface area contributed by atoms with Gasteiger partial charge in [-0.1, -0.05) is 20.8 Å². The Morgan fingerprint density at radius 3 is 2.11 bits per heavy atom. The predicted molar refractivity (Wildman–Crippen MR) is 77.6 cm³/mol. The number of allylic oxidation sites excluding steroid dienone is 3. The minimum Gasteiger partial charge on any atom is -0.402 e. The van der Waals surface area contributed by atoms with Crippen LogP contribution in [0.4, 0.5) is 0 Å². The molecule has 1 aliphatic rings. The van der Waals surface area contributed by atoms with Crippen molar-refractivity contribution in [3.05, 3.63) is 23.7 Å². The zero-order chi connectivity index (χ0) is 14.2. The summed E-state index contributed by atoms with van der Waals surface area (Å²) in [5.41, 5.74) is 12.3. The van der Waals surface area contributed by atoms with Crippen molar-refractivity contribution in [1.82, 2.24) is 4.90 Å². The number of nitrogens with two attached hydrogens (primary N) is 2. The summed E-state index contributed by atoms with van der Waals surface area (Å²) in [6.45, 7) is 10.0. The summed E-state index contributed by atoms with van der Waals surface area (Å²) < 4.78 is 0. The van der Waals surface area contributed by atoms with Gasteiger partial charge in [-0.15, -0.1) is 0 Å². The van der Waals surface area contributed by atoms with Crippen molar-refractivity contribution in [1.29, 1.82) is 0 Å². The Bertz CT molecular complexity index is 285. The average Bonchev–Trinajstić information content (AvgIpc) is 2.39. The molecule has 1 aliphatic heterocycles. The normalized spacial score (nSPS) is 20.2. The summed E-state index contributed by atoms with van der Waals surface area (Å²) in [6.07, 6.45) is 5.61. The predicted octanol–water partition coefficient (Wildman–Crippen LogP) is 1.77. The molecule has 4 nitrogen and oxygen atoms in total. The van der Waals surface area contributed by atoms with E-state index in [1.807, 2.05) is 32.9 Å². The Labute approximate surface area is 111 Å². The highest BCUT2D eigenvalue weighted by molar-refractivity contribution is 5.13. The molecule has 0 aromatic rings. The van der Waals surface area contributed by atoms with Crippen LogP contribution in [0.25, 0.3) is 0 Å². The largest absolute Gasteiger partial charge is 0.402 e. The fourth-order valence-electron chi connectivity index (χ4n) is 1.79. The van der Waals surface area contributed by atoms with E-state index in [1.54, 1.807) is 0 Å². The summed E-state index contributed by atoms with van der Waals surface area (Å²) in [5.74, 6) is 0.754. The molecule has 0 bridgehead atoms. The van der Waals surface area contributed by atoms with E-state index in [9.17, 15) is 5.11 Å². The molecule has 106 valence electrons. The molecule has 0 aromatic carbocycles. The zero-order valence-electron chi connectivity index (χ0n) is 12.2. The first-order valence-corrected chi connectivity index (χ1v) is 6.72. The smallest absolute Gasteiger partial charge is 0.0987 e. The quantitative estimate of drug-likeness (QED) is 0.672. The Morgan fingerprint density at radius 2 is 1.72 bits per heavy atom. The van der Waals surface area contributed by atoms with Crippen LogP contribution in [-0.2, 0) is 0 Å². The molecule has 4 heteroatoms. The topological polar surface area (TPSA) is 75.5 Å². The lowest BCUT2D eigenvalue weighted by molar-refractivity contribution is 0.0709. The van der Waals surface area contributed by atoms with Crippen molar-refractivity contribution in [3.63, 3.8) is 0 Å². The Kier molecular flexibility index (Phi) is 7.51. The molecule has 0 amide bonds. The van der Waals surface area contributed by atoms with Gasteiger partial charge in [0.1, 0.15) is 0 Å². The van der Waals surface area contributed by atoms with Gasteiger partial charge in [0.2, 0.25) is 0 Å². The molecule has 5 N–H and O–H groups in total. The van der Waals surface area contributed by atoms with E-state index < -0.39 is 0 Å². The summed E-state index contributed by atoms with van der Waals surface area (Å²) in [5, 5.41) is 9.26. The molecule has 1 heterocycles. The SMILES string of the molecule is C/C(N)=C/C=C(\N)N1CCC(C)(CO)CC1.CC. The van der Waals surface area contributed by atoms with Crippen LogP contribution in [0, 0.1) is 5.41 Å². The van der Waals surface area contributed by atoms with Crippen LogP contribution < -0.4 is 11.5 Å². The lowest BCUT2D eigenvalue weighted by Gasteiger charge is -2.39. The first-order chi connectivity index (χ1) is 8.47. The molecule has 1 saturated heterocycles. The van der Waals surface area contributed by atoms with E-state index in [2.05, 4.69) is 11.8 Å². The molecule has 0 radical (unpaired) electrons. The van der Waals surface area contributed by atoms with Gasteiger partial charge in [0.15, 0.2) is 0 Å². The summed E-state index contributed by atoms with van der Waals surface area (Å²) >= 11 is 0. The van der Waals surface area contributed by atoms with Crippen LogP contribution >= 0.6 is 0 Å². The molecular weight excluding hydrogens is 226 g/mol. The van der Waals surface area contributed by atoms with Crippen molar-refractivity contribution in [2.45, 2.75) is 40.5 Å². The Hall–Kier alpha value is -1.16. The minimum absolute atomic E-state index is 0.0659. The summed E-state index contributed by atoms with van der Waals surface area (Å²) in [4.78, 5) is 2.14. The third kappa shape index (κ3) is 5.45. The van der Waals surface area contributed by atoms with Gasteiger partial charge in [0.25, 0.3) is 0 Å². The van der Waals surface area contributed by atoms with Crippen LogP contribution in [0.5, 0.6) is 0 Å². The van der Waals surface area contributed by atoms with Crippen LogP contribution in [-0.4, -0.2) is 29.7 Å². The van der Waals surface area contributed by atoms with Crippen molar-refractivity contribution >= 4 is 0 Å². The first-order valence-electron chi connectivity index (χ1n) is 6.72. The number of aliphatic hydroxyl groups excluding tert-OH is 1. The minimum atomic E-state index is 0.0659. The summed E-state index contributed by atoms with van der Waals surface area (Å²) in [7, 11) is 0. The molecule has 0 atom stereocenters. The van der Waals surface area contributed by atoms with Gasteiger partial charge in [-0.3, -0.25) is 0 Å². The maximum Gasteiger partial charge on any atom is 0.0987 e. The standard InChI is InChI=1S/C12H23N3O.C2H6/c1-10(13)3-4-11(14)15-7-5-12(2,9-16)6-8-15;1-2/h3-4,16H,5-9,13-14H2,1-2H3;1-2H3/b10-3-,11-4+;. The van der Waals surface area contributed by atoms with Gasteiger partial charge in [0.05, 0.1) is 5.82 Å². The molecule has 0 spiro atoms. The van der Waals surface area contributed by atoms with Gasteiger partial charge in [-0.05, 0) is 37.3 Å². The Morgan fingerprint density at radius 1 is 1.22 bits per heavy atom. The van der Waals surface area contributed by atoms with E-state index in [0.717, 1.165) is 37.4 Å². The number of aliphatic hydroxyl groups is 1. The number of hydrogen-bond donors (Lipinski definition) is 3. The van der Waals surface area contributed by atoms with Gasteiger partial charge in [-0.2, -0.15) is 0 Å². The van der Waals surface area contributed by atoms with Crippen LogP contribution in [0.3, 0.4) is 0 Å². The van der Waals surface area contributed by atoms with Crippen LogP contribution in [0.2, 0.25) is 0 Å². The van der Waals surface area contributed by atoms with Crippen LogP contribution in [0.1, 0.15) is 40.5 Å². The third-order valence-corrected chi connectivity index (χ3v) is 3.23. The van der Waals surface area contributed by atoms with E-state index >= 15 is 0 Å². The lowest BCUT2D eigenvalue weighted by Crippen LogP contribution is -2.41. The molecule has 0 aliphatic carbocycles. The van der Waals surface area contributed by atoms with Crippen molar-refractivity contribution in [3.8, 4) is 0 Å². The van der Waals surface area contributed by atoms with Crippen LogP contribution in [0.15, 0.2) is 23.7 Å². The van der Waals surface area contributed by atoms with E-state index in [1.165, 1.54) is 0 Å². The summed E-state index contributed by atoms with van der Waals surface area (Å²) in [6, 6.07) is 0. The average molecular weight is 255 g/mol. The lowest BCUT2D eigenvalue weighted by atomic mass is 9.81. The van der Waals surface area contributed by atoms with Gasteiger partial charge in [0, 0.05) is 25.4 Å². The molecule has 1 rings (SSSR count). The zero-order valence-corrected chi connectivity index (χ0v) is 12.2. The molecule has 0 saturated carbocycles. The molecule has 18 heavy (non-hydrogen) atoms. The van der Waals surface area contributed by atoms with Crippen molar-refractivity contribution < 1.29 is 5.11 Å². The number of hydrogen-bond acceptors (Lipinski definition) is 4. The second kappa shape index (κ2) is 8.03. The number of rotatable bonds is 3. The number of likely N-dealkylation sites (tertiary alicyclic amines) is 1. The highest BCUT2D eigenvalue weighted by Gasteiger charge is 2.29. The molecular formula is C14H29N3O. The van der Waals surface area contributed by atoms with Crippen molar-refractivity contribution in [2.24, 2.45) is 16.9 Å². The molecule has 0 unspecified atom stereocenters. The monoisotopic (exact) mass is 255 g/mol. The molecule has 1 fully saturated rings. The Balaban J connectivity index is 0.00000137.